The van der Waals surface area contributed by atoms with Crippen molar-refractivity contribution in [1.82, 2.24) is 10.2 Å². The average molecular weight is 302 g/mol. The minimum atomic E-state index is -4.65. The van der Waals surface area contributed by atoms with Crippen molar-refractivity contribution in [2.75, 3.05) is 18.0 Å². The van der Waals surface area contributed by atoms with Crippen LogP contribution in [0, 0.1) is 6.92 Å². The van der Waals surface area contributed by atoms with Gasteiger partial charge in [-0.1, -0.05) is 12.8 Å². The number of carbonyl (C=O) groups excluding carboxylic acids is 1. The number of amides is 1. The molecule has 1 aromatic heterocycles. The first-order valence-electron chi connectivity index (χ1n) is 6.81. The smallest absolute Gasteiger partial charge is 0.365 e. The van der Waals surface area contributed by atoms with E-state index in [4.69, 9.17) is 5.73 Å². The summed E-state index contributed by atoms with van der Waals surface area (Å²) >= 11 is 0. The van der Waals surface area contributed by atoms with Gasteiger partial charge in [0.1, 0.15) is 0 Å². The lowest BCUT2D eigenvalue weighted by atomic mass is 10.1. The first kappa shape index (κ1) is 15.5. The molecule has 2 N–H and O–H groups in total. The third-order valence-corrected chi connectivity index (χ3v) is 3.62. The molecular weight excluding hydrogens is 285 g/mol. The fourth-order valence-corrected chi connectivity index (χ4v) is 2.58. The molecule has 0 aromatic carbocycles. The highest BCUT2D eigenvalue weighted by Crippen LogP contribution is 2.33. The van der Waals surface area contributed by atoms with Gasteiger partial charge in [0.2, 0.25) is 0 Å². The van der Waals surface area contributed by atoms with Crippen molar-refractivity contribution in [1.29, 1.82) is 0 Å². The Morgan fingerprint density at radius 2 is 1.71 bits per heavy atom. The minimum Gasteiger partial charge on any atom is -0.365 e. The van der Waals surface area contributed by atoms with Crippen LogP contribution < -0.4 is 10.6 Å². The van der Waals surface area contributed by atoms with Crippen LogP contribution in [0.4, 0.5) is 19.0 Å². The van der Waals surface area contributed by atoms with E-state index in [0.717, 1.165) is 25.7 Å². The predicted molar refractivity (Wildman–Crippen MR) is 71.0 cm³/mol. The second-order valence-corrected chi connectivity index (χ2v) is 5.14. The zero-order valence-electron chi connectivity index (χ0n) is 11.7. The fraction of sp³-hybridized carbons (Fsp3) is 0.615. The maximum Gasteiger partial charge on any atom is 0.435 e. The lowest BCUT2D eigenvalue weighted by molar-refractivity contribution is -0.142. The third kappa shape index (κ3) is 3.25. The van der Waals surface area contributed by atoms with E-state index in [9.17, 15) is 18.0 Å². The summed E-state index contributed by atoms with van der Waals surface area (Å²) in [5, 5.41) is 6.92. The molecule has 1 aliphatic heterocycles. The van der Waals surface area contributed by atoms with Gasteiger partial charge in [0.05, 0.1) is 5.56 Å². The van der Waals surface area contributed by atoms with Crippen LogP contribution in [0.3, 0.4) is 0 Å². The number of alkyl halides is 3. The zero-order chi connectivity index (χ0) is 15.6. The molecule has 2 rings (SSSR count). The van der Waals surface area contributed by atoms with Gasteiger partial charge < -0.3 is 10.6 Å². The molecule has 5 nitrogen and oxygen atoms in total. The van der Waals surface area contributed by atoms with Crippen LogP contribution in [-0.4, -0.2) is 29.2 Å². The fourth-order valence-electron chi connectivity index (χ4n) is 2.58. The Hall–Kier alpha value is -1.86. The molecule has 21 heavy (non-hydrogen) atoms. The number of hydrogen-bond donors (Lipinski definition) is 1. The highest BCUT2D eigenvalue weighted by molar-refractivity contribution is 5.99. The van der Waals surface area contributed by atoms with Gasteiger partial charge in [0, 0.05) is 13.1 Å². The van der Waals surface area contributed by atoms with Gasteiger partial charge in [0.25, 0.3) is 5.91 Å². The van der Waals surface area contributed by atoms with Crippen molar-refractivity contribution < 1.29 is 18.0 Å². The zero-order valence-corrected chi connectivity index (χ0v) is 11.7. The number of halogens is 3. The third-order valence-electron chi connectivity index (χ3n) is 3.62. The molecule has 0 saturated carbocycles. The van der Waals surface area contributed by atoms with Gasteiger partial charge in [-0.15, -0.1) is 10.2 Å². The average Bonchev–Trinajstić information content (AvgIpc) is 2.64. The lowest BCUT2D eigenvalue weighted by Gasteiger charge is -2.24. The molecule has 1 saturated heterocycles. The Morgan fingerprint density at radius 3 is 2.19 bits per heavy atom. The van der Waals surface area contributed by atoms with E-state index in [0.29, 0.717) is 13.1 Å². The summed E-state index contributed by atoms with van der Waals surface area (Å²) in [5.74, 6) is -0.748. The molecule has 8 heteroatoms. The minimum absolute atomic E-state index is 0.162. The van der Waals surface area contributed by atoms with Crippen molar-refractivity contribution in [2.24, 2.45) is 5.73 Å². The molecule has 0 bridgehead atoms. The number of carbonyl (C=O) groups is 1. The van der Waals surface area contributed by atoms with E-state index in [-0.39, 0.29) is 16.9 Å². The molecule has 116 valence electrons. The largest absolute Gasteiger partial charge is 0.435 e. The molecule has 1 amide bonds. The van der Waals surface area contributed by atoms with Gasteiger partial charge in [-0.05, 0) is 25.3 Å². The highest BCUT2D eigenvalue weighted by Gasteiger charge is 2.38. The Bertz CT molecular complexity index is 537. The number of hydrogen-bond acceptors (Lipinski definition) is 4. The summed E-state index contributed by atoms with van der Waals surface area (Å²) < 4.78 is 38.6. The Labute approximate surface area is 120 Å². The molecular formula is C13H17F3N4O. The number of nitrogens with two attached hydrogens (primary N) is 1. The van der Waals surface area contributed by atoms with Crippen LogP contribution in [0.5, 0.6) is 0 Å². The second kappa shape index (κ2) is 5.87. The van der Waals surface area contributed by atoms with Crippen LogP contribution in [0.1, 0.15) is 47.3 Å². The summed E-state index contributed by atoms with van der Waals surface area (Å²) in [4.78, 5) is 13.4. The standard InChI is InChI=1S/C13H17F3N4O/c1-8-9(11(17)21)12(19-18-10(8)13(14,15)16)20-6-4-2-3-5-7-20/h2-7H2,1H3,(H2,17,21). The number of primary amides is 1. The summed E-state index contributed by atoms with van der Waals surface area (Å²) in [6, 6.07) is 0. The van der Waals surface area contributed by atoms with Crippen molar-refractivity contribution in [3.8, 4) is 0 Å². The monoisotopic (exact) mass is 302 g/mol. The van der Waals surface area contributed by atoms with Crippen LogP contribution in [-0.2, 0) is 6.18 Å². The quantitative estimate of drug-likeness (QED) is 0.909. The van der Waals surface area contributed by atoms with Gasteiger partial charge in [0.15, 0.2) is 11.5 Å². The number of anilines is 1. The first-order chi connectivity index (χ1) is 9.82. The maximum absolute atomic E-state index is 12.9. The van der Waals surface area contributed by atoms with Crippen molar-refractivity contribution in [2.45, 2.75) is 38.8 Å². The molecule has 1 fully saturated rings. The summed E-state index contributed by atoms with van der Waals surface area (Å²) in [7, 11) is 0. The Kier molecular flexibility index (Phi) is 4.34. The van der Waals surface area contributed by atoms with Gasteiger partial charge in [-0.2, -0.15) is 13.2 Å². The van der Waals surface area contributed by atoms with E-state index in [1.807, 2.05) is 0 Å². The topological polar surface area (TPSA) is 72.1 Å². The van der Waals surface area contributed by atoms with E-state index < -0.39 is 17.8 Å². The Morgan fingerprint density at radius 1 is 1.14 bits per heavy atom. The number of rotatable bonds is 2. The van der Waals surface area contributed by atoms with E-state index in [1.54, 1.807) is 4.90 Å². The predicted octanol–water partition coefficient (Wildman–Crippen LogP) is 2.28. The summed E-state index contributed by atoms with van der Waals surface area (Å²) in [6.07, 6.45) is -0.747. The van der Waals surface area contributed by atoms with E-state index >= 15 is 0 Å². The van der Waals surface area contributed by atoms with Gasteiger partial charge >= 0.3 is 6.18 Å². The van der Waals surface area contributed by atoms with Crippen LogP contribution in [0.15, 0.2) is 0 Å². The SMILES string of the molecule is Cc1c(C(F)(F)F)nnc(N2CCCCCC2)c1C(N)=O. The van der Waals surface area contributed by atoms with E-state index in [2.05, 4.69) is 10.2 Å². The second-order valence-electron chi connectivity index (χ2n) is 5.14. The molecule has 1 aromatic rings. The molecule has 0 unspecified atom stereocenters. The normalized spacial score (nSPS) is 16.7. The number of nitrogens with zero attached hydrogens (tertiary/aromatic N) is 3. The molecule has 0 radical (unpaired) electrons. The van der Waals surface area contributed by atoms with Gasteiger partial charge in [-0.3, -0.25) is 4.79 Å². The molecule has 0 spiro atoms. The highest BCUT2D eigenvalue weighted by atomic mass is 19.4. The van der Waals surface area contributed by atoms with Crippen molar-refractivity contribution in [3.63, 3.8) is 0 Å². The van der Waals surface area contributed by atoms with Gasteiger partial charge in [-0.25, -0.2) is 0 Å². The molecule has 2 heterocycles. The maximum atomic E-state index is 12.9. The summed E-state index contributed by atoms with van der Waals surface area (Å²) in [6.45, 7) is 2.48. The Balaban J connectivity index is 2.51. The van der Waals surface area contributed by atoms with Crippen molar-refractivity contribution >= 4 is 11.7 Å². The lowest BCUT2D eigenvalue weighted by Crippen LogP contribution is -2.30. The van der Waals surface area contributed by atoms with Crippen molar-refractivity contribution in [3.05, 3.63) is 16.8 Å². The molecule has 0 atom stereocenters. The summed E-state index contributed by atoms with van der Waals surface area (Å²) in [5.41, 5.74) is 3.67. The van der Waals surface area contributed by atoms with Crippen LogP contribution in [0.25, 0.3) is 0 Å². The van der Waals surface area contributed by atoms with E-state index in [1.165, 1.54) is 6.92 Å². The molecule has 1 aliphatic rings. The van der Waals surface area contributed by atoms with Crippen LogP contribution in [0.2, 0.25) is 0 Å². The number of aromatic nitrogens is 2. The first-order valence-corrected chi connectivity index (χ1v) is 6.81. The molecule has 0 aliphatic carbocycles. The van der Waals surface area contributed by atoms with Crippen LogP contribution >= 0.6 is 0 Å².